The summed E-state index contributed by atoms with van der Waals surface area (Å²) in [5.41, 5.74) is -1.67. The molecule has 3 heterocycles. The van der Waals surface area contributed by atoms with E-state index in [-0.39, 0.29) is 34.3 Å². The molecule has 1 saturated carbocycles. The third kappa shape index (κ3) is 4.39. The standard InChI is InChI=1S/C20H23F2N7O3/c1-20(2,3)9-28-14-6-12(26-13-8-23-11(7-24-13)16(21)22)27-29(14)19(32)15(18(28)31)17(30)25-10-4-5-10/h6-8,10,16,31H,4-5,9H2,1-3H3,(H,25,30)(H,24,26,27). The van der Waals surface area contributed by atoms with Crippen molar-refractivity contribution in [3.05, 3.63) is 40.1 Å². The summed E-state index contributed by atoms with van der Waals surface area (Å²) in [6.07, 6.45) is 0.972. The number of amides is 1. The first-order valence-corrected chi connectivity index (χ1v) is 10.1. The lowest BCUT2D eigenvalue weighted by atomic mass is 9.96. The van der Waals surface area contributed by atoms with Crippen LogP contribution in [-0.2, 0) is 6.54 Å². The van der Waals surface area contributed by atoms with Gasteiger partial charge in [-0.2, -0.15) is 4.52 Å². The molecular formula is C20H23F2N7O3. The van der Waals surface area contributed by atoms with E-state index in [0.717, 1.165) is 29.8 Å². The fourth-order valence-electron chi connectivity index (χ4n) is 3.18. The maximum atomic E-state index is 13.0. The first-order valence-electron chi connectivity index (χ1n) is 10.1. The van der Waals surface area contributed by atoms with Gasteiger partial charge in [0.25, 0.3) is 17.9 Å². The quantitative estimate of drug-likeness (QED) is 0.530. The predicted molar refractivity (Wildman–Crippen MR) is 111 cm³/mol. The van der Waals surface area contributed by atoms with Gasteiger partial charge >= 0.3 is 0 Å². The number of alkyl halides is 2. The number of hydrogen-bond donors (Lipinski definition) is 3. The summed E-state index contributed by atoms with van der Waals surface area (Å²) in [6.45, 7) is 6.13. The Morgan fingerprint density at radius 3 is 2.53 bits per heavy atom. The second-order valence-corrected chi connectivity index (χ2v) is 8.95. The Hall–Kier alpha value is -3.57. The first-order chi connectivity index (χ1) is 15.0. The molecule has 3 aromatic heterocycles. The molecule has 0 unspecified atom stereocenters. The fraction of sp³-hybridized carbons (Fsp3) is 0.450. The Morgan fingerprint density at radius 1 is 1.25 bits per heavy atom. The number of nitrogens with zero attached hydrogens (tertiary/aromatic N) is 5. The van der Waals surface area contributed by atoms with E-state index in [2.05, 4.69) is 25.7 Å². The van der Waals surface area contributed by atoms with Crippen LogP contribution in [0.5, 0.6) is 5.88 Å². The number of aromatic nitrogens is 5. The number of nitrogens with one attached hydrogen (secondary N) is 2. The largest absolute Gasteiger partial charge is 0.494 e. The summed E-state index contributed by atoms with van der Waals surface area (Å²) in [5.74, 6) is -0.785. The molecule has 0 spiro atoms. The van der Waals surface area contributed by atoms with E-state index in [1.807, 2.05) is 20.8 Å². The van der Waals surface area contributed by atoms with Gasteiger partial charge in [-0.1, -0.05) is 20.8 Å². The summed E-state index contributed by atoms with van der Waals surface area (Å²) in [4.78, 5) is 33.2. The van der Waals surface area contributed by atoms with Crippen LogP contribution < -0.4 is 16.2 Å². The molecule has 1 aliphatic carbocycles. The van der Waals surface area contributed by atoms with E-state index < -0.39 is 29.5 Å². The Kier molecular flexibility index (Phi) is 5.31. The smallest absolute Gasteiger partial charge is 0.291 e. The van der Waals surface area contributed by atoms with Crippen LogP contribution in [0.1, 0.15) is 56.1 Å². The number of halogens is 2. The molecule has 0 bridgehead atoms. The van der Waals surface area contributed by atoms with Gasteiger partial charge in [0.15, 0.2) is 11.4 Å². The zero-order chi connectivity index (χ0) is 23.2. The van der Waals surface area contributed by atoms with Crippen LogP contribution in [0.25, 0.3) is 5.65 Å². The van der Waals surface area contributed by atoms with Gasteiger partial charge in [0.05, 0.1) is 12.4 Å². The lowest BCUT2D eigenvalue weighted by Gasteiger charge is -2.23. The fourth-order valence-corrected chi connectivity index (χ4v) is 3.18. The predicted octanol–water partition coefficient (Wildman–Crippen LogP) is 2.61. The normalized spacial score (nSPS) is 14.2. The minimum absolute atomic E-state index is 0.00213. The number of hydrogen-bond acceptors (Lipinski definition) is 7. The highest BCUT2D eigenvalue weighted by atomic mass is 19.3. The summed E-state index contributed by atoms with van der Waals surface area (Å²) in [6, 6.07) is 1.50. The van der Waals surface area contributed by atoms with Gasteiger partial charge in [-0.05, 0) is 18.3 Å². The van der Waals surface area contributed by atoms with Crippen LogP contribution in [0.15, 0.2) is 23.3 Å². The second kappa shape index (κ2) is 7.84. The Balaban J connectivity index is 1.78. The molecule has 170 valence electrons. The van der Waals surface area contributed by atoms with Crippen LogP contribution in [-0.4, -0.2) is 41.2 Å². The van der Waals surface area contributed by atoms with Crippen molar-refractivity contribution in [2.24, 2.45) is 5.41 Å². The third-order valence-corrected chi connectivity index (χ3v) is 4.78. The van der Waals surface area contributed by atoms with E-state index in [9.17, 15) is 23.5 Å². The molecule has 3 N–H and O–H groups in total. The van der Waals surface area contributed by atoms with E-state index in [0.29, 0.717) is 6.54 Å². The van der Waals surface area contributed by atoms with Crippen molar-refractivity contribution in [2.75, 3.05) is 5.32 Å². The van der Waals surface area contributed by atoms with Crippen molar-refractivity contribution in [3.63, 3.8) is 0 Å². The number of fused-ring (bicyclic) bond motifs is 1. The average Bonchev–Trinajstić information content (AvgIpc) is 3.41. The Labute approximate surface area is 181 Å². The summed E-state index contributed by atoms with van der Waals surface area (Å²) < 4.78 is 27.8. The van der Waals surface area contributed by atoms with Crippen LogP contribution >= 0.6 is 0 Å². The zero-order valence-electron chi connectivity index (χ0n) is 17.8. The molecule has 0 aromatic carbocycles. The number of carbonyl (C=O) groups excluding carboxylic acids is 1. The first kappa shape index (κ1) is 21.7. The van der Waals surface area contributed by atoms with Gasteiger partial charge in [0.1, 0.15) is 17.2 Å². The molecule has 1 fully saturated rings. The van der Waals surface area contributed by atoms with E-state index in [1.165, 1.54) is 10.6 Å². The molecule has 0 atom stereocenters. The Bertz CT molecular complexity index is 1230. The molecule has 1 amide bonds. The molecule has 4 rings (SSSR count). The van der Waals surface area contributed by atoms with Gasteiger partial charge < -0.3 is 15.7 Å². The zero-order valence-corrected chi connectivity index (χ0v) is 17.8. The molecule has 0 aliphatic heterocycles. The highest BCUT2D eigenvalue weighted by molar-refractivity contribution is 5.96. The highest BCUT2D eigenvalue weighted by Gasteiger charge is 2.30. The van der Waals surface area contributed by atoms with Crippen LogP contribution in [0, 0.1) is 5.41 Å². The van der Waals surface area contributed by atoms with Crippen molar-refractivity contribution in [1.29, 1.82) is 0 Å². The summed E-state index contributed by atoms with van der Waals surface area (Å²) in [5, 5.41) is 20.6. The molecule has 32 heavy (non-hydrogen) atoms. The molecule has 0 radical (unpaired) electrons. The molecule has 10 nitrogen and oxygen atoms in total. The van der Waals surface area contributed by atoms with Crippen molar-refractivity contribution >= 4 is 23.2 Å². The maximum absolute atomic E-state index is 13.0. The van der Waals surface area contributed by atoms with Crippen molar-refractivity contribution in [3.8, 4) is 5.88 Å². The molecule has 12 heteroatoms. The molecule has 1 aliphatic rings. The van der Waals surface area contributed by atoms with E-state index in [4.69, 9.17) is 0 Å². The van der Waals surface area contributed by atoms with Gasteiger partial charge in [-0.3, -0.25) is 14.2 Å². The van der Waals surface area contributed by atoms with Gasteiger partial charge in [-0.15, -0.1) is 5.10 Å². The molecular weight excluding hydrogens is 424 g/mol. The number of anilines is 2. The van der Waals surface area contributed by atoms with Crippen LogP contribution in [0.4, 0.5) is 20.4 Å². The van der Waals surface area contributed by atoms with Gasteiger partial charge in [-0.25, -0.2) is 18.7 Å². The van der Waals surface area contributed by atoms with E-state index in [1.54, 1.807) is 0 Å². The van der Waals surface area contributed by atoms with Crippen molar-refractivity contribution in [1.82, 2.24) is 29.5 Å². The van der Waals surface area contributed by atoms with Crippen molar-refractivity contribution < 1.29 is 18.7 Å². The monoisotopic (exact) mass is 447 g/mol. The second-order valence-electron chi connectivity index (χ2n) is 8.95. The molecule has 0 saturated heterocycles. The summed E-state index contributed by atoms with van der Waals surface area (Å²) in [7, 11) is 0. The lowest BCUT2D eigenvalue weighted by molar-refractivity contribution is 0.0944. The third-order valence-electron chi connectivity index (χ3n) is 4.78. The molecule has 3 aromatic rings. The average molecular weight is 447 g/mol. The van der Waals surface area contributed by atoms with E-state index >= 15 is 0 Å². The van der Waals surface area contributed by atoms with Gasteiger partial charge in [0, 0.05) is 18.7 Å². The number of rotatable bonds is 6. The minimum atomic E-state index is -2.74. The summed E-state index contributed by atoms with van der Waals surface area (Å²) >= 11 is 0. The maximum Gasteiger partial charge on any atom is 0.291 e. The number of aromatic hydroxyl groups is 1. The van der Waals surface area contributed by atoms with Crippen molar-refractivity contribution in [2.45, 2.75) is 52.6 Å². The van der Waals surface area contributed by atoms with Crippen LogP contribution in [0.2, 0.25) is 0 Å². The Morgan fingerprint density at radius 2 is 1.97 bits per heavy atom. The number of carbonyl (C=O) groups is 1. The van der Waals surface area contributed by atoms with Gasteiger partial charge in [0.2, 0.25) is 5.88 Å². The minimum Gasteiger partial charge on any atom is -0.494 e. The highest BCUT2D eigenvalue weighted by Crippen LogP contribution is 2.27. The SMILES string of the molecule is CC(C)(C)Cn1c(O)c(C(=O)NC2CC2)c(=O)n2nc(Nc3cnc(C(F)F)cn3)cc12. The topological polar surface area (TPSA) is 126 Å². The lowest BCUT2D eigenvalue weighted by Crippen LogP contribution is -2.35. The van der Waals surface area contributed by atoms with Crippen LogP contribution in [0.3, 0.4) is 0 Å².